The highest BCUT2D eigenvalue weighted by molar-refractivity contribution is 7.99. The number of quaternary nitrogens is 1. The molecule has 0 aliphatic carbocycles. The highest BCUT2D eigenvalue weighted by Crippen LogP contribution is 2.23. The van der Waals surface area contributed by atoms with Crippen molar-refractivity contribution in [2.24, 2.45) is 0 Å². The molecule has 1 aromatic carbocycles. The number of nitrogens with one attached hydrogen (secondary N) is 2. The van der Waals surface area contributed by atoms with Crippen LogP contribution in [0.15, 0.2) is 53.8 Å². The Morgan fingerprint density at radius 3 is 2.59 bits per heavy atom. The second-order valence-corrected chi connectivity index (χ2v) is 7.69. The van der Waals surface area contributed by atoms with Crippen LogP contribution in [0.5, 0.6) is 0 Å². The maximum atomic E-state index is 12.3. The molecule has 0 unspecified atom stereocenters. The fourth-order valence-electron chi connectivity index (χ4n) is 3.14. The van der Waals surface area contributed by atoms with Gasteiger partial charge in [0, 0.05) is 12.6 Å². The van der Waals surface area contributed by atoms with Crippen molar-refractivity contribution in [3.8, 4) is 0 Å². The van der Waals surface area contributed by atoms with Gasteiger partial charge < -0.3 is 9.88 Å². The molecule has 0 bridgehead atoms. The first-order valence-electron chi connectivity index (χ1n) is 9.16. The largest absolute Gasteiger partial charge is 0.359 e. The zero-order valence-corrected chi connectivity index (χ0v) is 16.8. The smallest absolute Gasteiger partial charge is 0.192 e. The maximum absolute atomic E-state index is 12.3. The number of H-pyrrole nitrogens is 1. The minimum atomic E-state index is 0.0612. The Morgan fingerprint density at radius 2 is 1.96 bits per heavy atom. The van der Waals surface area contributed by atoms with Crippen LogP contribution in [0.3, 0.4) is 0 Å². The average molecular weight is 385 g/mol. The summed E-state index contributed by atoms with van der Waals surface area (Å²) in [4.78, 5) is 16.6. The molecule has 2 aromatic heterocycles. The van der Waals surface area contributed by atoms with Gasteiger partial charge in [0.2, 0.25) is 0 Å². The zero-order valence-electron chi connectivity index (χ0n) is 16.0. The maximum Gasteiger partial charge on any atom is 0.192 e. The molecule has 0 aliphatic rings. The number of rotatable bonds is 9. The third-order valence-corrected chi connectivity index (χ3v) is 5.54. The van der Waals surface area contributed by atoms with E-state index < -0.39 is 0 Å². The normalized spacial score (nSPS) is 12.4. The van der Waals surface area contributed by atoms with Crippen molar-refractivity contribution >= 4 is 17.5 Å². The molecule has 3 aromatic rings. The van der Waals surface area contributed by atoms with Gasteiger partial charge in [-0.05, 0) is 17.7 Å². The number of thioether (sulfide) groups is 1. The number of hydrogen-bond donors (Lipinski definition) is 2. The lowest BCUT2D eigenvalue weighted by Crippen LogP contribution is -3.06. The highest BCUT2D eigenvalue weighted by Gasteiger charge is 2.25. The number of aromatic amines is 1. The third kappa shape index (κ3) is 4.67. The monoisotopic (exact) mass is 384 g/mol. The molecular formula is C20H26N5OS+. The summed E-state index contributed by atoms with van der Waals surface area (Å²) in [6.45, 7) is 2.87. The molecule has 0 aliphatic heterocycles. The van der Waals surface area contributed by atoms with Crippen molar-refractivity contribution in [3.63, 3.8) is 0 Å². The Kier molecular flexibility index (Phi) is 6.47. The first-order chi connectivity index (χ1) is 13.1. The first-order valence-corrected chi connectivity index (χ1v) is 10.1. The second-order valence-electron chi connectivity index (χ2n) is 6.75. The molecule has 0 saturated carbocycles. The van der Waals surface area contributed by atoms with E-state index in [1.165, 1.54) is 22.2 Å². The van der Waals surface area contributed by atoms with E-state index in [9.17, 15) is 4.79 Å². The van der Waals surface area contributed by atoms with Crippen LogP contribution in [0, 0.1) is 0 Å². The van der Waals surface area contributed by atoms with Gasteiger partial charge >= 0.3 is 0 Å². The average Bonchev–Trinajstić information content (AvgIpc) is 3.32. The lowest BCUT2D eigenvalue weighted by Gasteiger charge is -2.20. The Hall–Kier alpha value is -2.38. The van der Waals surface area contributed by atoms with E-state index in [1.807, 2.05) is 24.3 Å². The van der Waals surface area contributed by atoms with E-state index >= 15 is 0 Å². The van der Waals surface area contributed by atoms with Gasteiger partial charge in [-0.25, -0.2) is 0 Å². The van der Waals surface area contributed by atoms with Crippen LogP contribution in [0.1, 0.15) is 41.3 Å². The summed E-state index contributed by atoms with van der Waals surface area (Å²) in [7, 11) is 4.27. The van der Waals surface area contributed by atoms with Crippen LogP contribution >= 0.6 is 11.8 Å². The summed E-state index contributed by atoms with van der Waals surface area (Å²) in [6, 6.07) is 14.2. The molecule has 2 N–H and O–H groups in total. The molecule has 0 fully saturated rings. The first kappa shape index (κ1) is 19.4. The Bertz CT molecular complexity index is 858. The Morgan fingerprint density at radius 1 is 1.19 bits per heavy atom. The van der Waals surface area contributed by atoms with Gasteiger partial charge in [-0.15, -0.1) is 10.2 Å². The van der Waals surface area contributed by atoms with E-state index in [0.717, 1.165) is 17.4 Å². The van der Waals surface area contributed by atoms with Gasteiger partial charge in [0.25, 0.3) is 0 Å². The molecule has 2 heterocycles. The molecule has 7 heteroatoms. The number of benzene rings is 1. The SMILES string of the molecule is CC[C@@H](c1nnc(SCC(=O)c2ccc[nH]2)n1Cc1ccccc1)[NH+](C)C. The molecule has 3 rings (SSSR count). The van der Waals surface area contributed by atoms with E-state index in [2.05, 4.69) is 52.9 Å². The van der Waals surface area contributed by atoms with Gasteiger partial charge in [0.15, 0.2) is 16.8 Å². The van der Waals surface area contributed by atoms with E-state index in [0.29, 0.717) is 18.0 Å². The van der Waals surface area contributed by atoms with Crippen LogP contribution < -0.4 is 4.90 Å². The molecule has 1 atom stereocenters. The number of hydrogen-bond acceptors (Lipinski definition) is 4. The molecule has 0 radical (unpaired) electrons. The number of carbonyl (C=O) groups is 1. The molecule has 27 heavy (non-hydrogen) atoms. The van der Waals surface area contributed by atoms with Gasteiger partial charge in [-0.1, -0.05) is 49.0 Å². The number of Topliss-reactive ketones (excluding diaryl/α,β-unsaturated/α-hetero) is 1. The Balaban J connectivity index is 1.86. The summed E-state index contributed by atoms with van der Waals surface area (Å²) < 4.78 is 2.16. The summed E-state index contributed by atoms with van der Waals surface area (Å²) in [5.41, 5.74) is 1.82. The van der Waals surface area contributed by atoms with Crippen molar-refractivity contribution in [1.29, 1.82) is 0 Å². The molecule has 0 saturated heterocycles. The number of nitrogens with zero attached hydrogens (tertiary/aromatic N) is 3. The summed E-state index contributed by atoms with van der Waals surface area (Å²) in [6.07, 6.45) is 2.74. The summed E-state index contributed by atoms with van der Waals surface area (Å²) in [5, 5.41) is 9.70. The minimum Gasteiger partial charge on any atom is -0.359 e. The van der Waals surface area contributed by atoms with E-state index in [-0.39, 0.29) is 11.8 Å². The standard InChI is InChI=1S/C20H25N5OS/c1-4-17(24(2)3)19-22-23-20(25(19)13-15-9-6-5-7-10-15)27-14-18(26)16-11-8-12-21-16/h5-12,17,21H,4,13-14H2,1-3H3/p+1/t17-/m0/s1. The van der Waals surface area contributed by atoms with Crippen molar-refractivity contribution in [1.82, 2.24) is 19.7 Å². The summed E-state index contributed by atoms with van der Waals surface area (Å²) >= 11 is 1.44. The lowest BCUT2D eigenvalue weighted by atomic mass is 10.2. The predicted octanol–water partition coefficient (Wildman–Crippen LogP) is 2.23. The molecule has 6 nitrogen and oxygen atoms in total. The van der Waals surface area contributed by atoms with Crippen molar-refractivity contribution in [2.75, 3.05) is 19.8 Å². The number of aromatic nitrogens is 4. The highest BCUT2D eigenvalue weighted by atomic mass is 32.2. The fourth-order valence-corrected chi connectivity index (χ4v) is 3.97. The van der Waals surface area contributed by atoms with E-state index in [4.69, 9.17) is 0 Å². The lowest BCUT2D eigenvalue weighted by molar-refractivity contribution is -0.893. The molecular weight excluding hydrogens is 358 g/mol. The predicted molar refractivity (Wildman–Crippen MR) is 107 cm³/mol. The fraction of sp³-hybridized carbons (Fsp3) is 0.350. The topological polar surface area (TPSA) is 68.0 Å². The second kappa shape index (κ2) is 9.01. The Labute approximate surface area is 164 Å². The van der Waals surface area contributed by atoms with Crippen molar-refractivity contribution < 1.29 is 9.69 Å². The zero-order chi connectivity index (χ0) is 19.2. The number of carbonyl (C=O) groups excluding carboxylic acids is 1. The van der Waals surface area contributed by atoms with Crippen LogP contribution in [-0.4, -0.2) is 45.4 Å². The van der Waals surface area contributed by atoms with Crippen LogP contribution in [0.4, 0.5) is 0 Å². The molecule has 0 amide bonds. The third-order valence-electron chi connectivity index (χ3n) is 4.58. The van der Waals surface area contributed by atoms with Crippen LogP contribution in [-0.2, 0) is 6.54 Å². The molecule has 142 valence electrons. The quantitative estimate of drug-likeness (QED) is 0.439. The van der Waals surface area contributed by atoms with Gasteiger partial charge in [0.1, 0.15) is 6.04 Å². The van der Waals surface area contributed by atoms with Gasteiger partial charge in [-0.3, -0.25) is 9.36 Å². The molecule has 0 spiro atoms. The summed E-state index contributed by atoms with van der Waals surface area (Å²) in [5.74, 6) is 1.36. The van der Waals surface area contributed by atoms with Crippen LogP contribution in [0.2, 0.25) is 0 Å². The van der Waals surface area contributed by atoms with Gasteiger partial charge in [0.05, 0.1) is 32.1 Å². The van der Waals surface area contributed by atoms with Crippen molar-refractivity contribution in [3.05, 3.63) is 65.7 Å². The van der Waals surface area contributed by atoms with Gasteiger partial charge in [-0.2, -0.15) is 0 Å². The van der Waals surface area contributed by atoms with E-state index in [1.54, 1.807) is 12.3 Å². The number of ketones is 1. The van der Waals surface area contributed by atoms with Crippen molar-refractivity contribution in [2.45, 2.75) is 31.1 Å². The minimum absolute atomic E-state index is 0.0612. The van der Waals surface area contributed by atoms with Crippen LogP contribution in [0.25, 0.3) is 0 Å².